The van der Waals surface area contributed by atoms with Crippen LogP contribution in [-0.4, -0.2) is 40.2 Å². The van der Waals surface area contributed by atoms with Crippen LogP contribution in [0, 0.1) is 5.92 Å². The van der Waals surface area contributed by atoms with E-state index in [0.29, 0.717) is 29.7 Å². The van der Waals surface area contributed by atoms with E-state index in [1.54, 1.807) is 12.3 Å². The number of carbonyl (C=O) groups is 1. The van der Waals surface area contributed by atoms with Crippen LogP contribution in [0.4, 0.5) is 0 Å². The van der Waals surface area contributed by atoms with Crippen LogP contribution in [0.5, 0.6) is 0 Å². The molecule has 1 aliphatic heterocycles. The third-order valence-electron chi connectivity index (χ3n) is 3.75. The van der Waals surface area contributed by atoms with Crippen molar-refractivity contribution in [1.29, 1.82) is 0 Å². The Morgan fingerprint density at radius 1 is 1.47 bits per heavy atom. The minimum absolute atomic E-state index is 0.0389. The topological polar surface area (TPSA) is 45.5 Å². The molecule has 2 rings (SSSR count). The monoisotopic (exact) mass is 284 g/mol. The molecule has 2 heterocycles. The van der Waals surface area contributed by atoms with Gasteiger partial charge in [-0.15, -0.1) is 0 Å². The summed E-state index contributed by atoms with van der Waals surface area (Å²) >= 11 is 6.01. The Labute approximate surface area is 119 Å². The summed E-state index contributed by atoms with van der Waals surface area (Å²) in [7, 11) is 0. The van der Waals surface area contributed by atoms with Gasteiger partial charge in [0.25, 0.3) is 5.91 Å². The summed E-state index contributed by atoms with van der Waals surface area (Å²) in [5.74, 6) is 0.376. The molecule has 106 valence electrons. The number of aromatic nitrogens is 1. The Bertz CT molecular complexity index is 448. The van der Waals surface area contributed by atoms with Crippen LogP contribution in [0.1, 0.15) is 43.2 Å². The van der Waals surface area contributed by atoms with Gasteiger partial charge in [0.15, 0.2) is 0 Å². The Morgan fingerprint density at radius 2 is 2.11 bits per heavy atom. The van der Waals surface area contributed by atoms with E-state index in [-0.39, 0.29) is 18.6 Å². The van der Waals surface area contributed by atoms with Gasteiger partial charge >= 0.3 is 0 Å². The highest BCUT2D eigenvalue weighted by atomic mass is 35.5. The van der Waals surface area contributed by atoms with E-state index in [2.05, 4.69) is 0 Å². The summed E-state index contributed by atoms with van der Waals surface area (Å²) in [4.78, 5) is 14.4. The maximum atomic E-state index is 12.5. The van der Waals surface area contributed by atoms with Crippen LogP contribution < -0.4 is 0 Å². The summed E-state index contributed by atoms with van der Waals surface area (Å²) in [5, 5.41) is 9.73. The fraction of sp³-hybridized carbons (Fsp3) is 0.643. The molecule has 4 nitrogen and oxygen atoms in total. The second-order valence-electron chi connectivity index (χ2n) is 5.46. The molecule has 1 aliphatic rings. The molecule has 0 aliphatic carbocycles. The van der Waals surface area contributed by atoms with Gasteiger partial charge in [-0.25, -0.2) is 0 Å². The first-order valence-electron chi connectivity index (χ1n) is 6.80. The van der Waals surface area contributed by atoms with Crippen molar-refractivity contribution in [3.05, 3.63) is 23.0 Å². The molecule has 0 atom stereocenters. The standard InChI is InChI=1S/C14H21ClN2O2/c1-10(2)17-8-12(15)7-13(17)14(19)16-5-3-11(9-18)4-6-16/h7-8,10-11,18H,3-6,9H2,1-2H3. The van der Waals surface area contributed by atoms with Gasteiger partial charge in [0, 0.05) is 31.9 Å². The summed E-state index contributed by atoms with van der Waals surface area (Å²) in [6.07, 6.45) is 3.55. The zero-order chi connectivity index (χ0) is 14.0. The van der Waals surface area contributed by atoms with E-state index in [9.17, 15) is 4.79 Å². The van der Waals surface area contributed by atoms with Gasteiger partial charge in [-0.05, 0) is 38.7 Å². The number of halogens is 1. The Morgan fingerprint density at radius 3 is 2.63 bits per heavy atom. The quantitative estimate of drug-likeness (QED) is 0.927. The van der Waals surface area contributed by atoms with Crippen LogP contribution >= 0.6 is 11.6 Å². The number of likely N-dealkylation sites (tertiary alicyclic amines) is 1. The molecule has 0 aromatic carbocycles. The first-order chi connectivity index (χ1) is 9.02. The van der Waals surface area contributed by atoms with Crippen LogP contribution in [0.3, 0.4) is 0 Å². The third kappa shape index (κ3) is 3.12. The lowest BCUT2D eigenvalue weighted by molar-refractivity contribution is 0.0639. The van der Waals surface area contributed by atoms with Crippen molar-refractivity contribution in [1.82, 2.24) is 9.47 Å². The molecule has 19 heavy (non-hydrogen) atoms. The molecule has 1 aromatic heterocycles. The van der Waals surface area contributed by atoms with E-state index < -0.39 is 0 Å². The predicted molar refractivity (Wildman–Crippen MR) is 75.5 cm³/mol. The number of rotatable bonds is 3. The molecule has 0 saturated carbocycles. The van der Waals surface area contributed by atoms with Gasteiger partial charge in [-0.2, -0.15) is 0 Å². The van der Waals surface area contributed by atoms with Crippen LogP contribution in [-0.2, 0) is 0 Å². The molecule has 0 unspecified atom stereocenters. The summed E-state index contributed by atoms with van der Waals surface area (Å²) < 4.78 is 1.92. The first-order valence-corrected chi connectivity index (χ1v) is 7.18. The van der Waals surface area contributed by atoms with Crippen LogP contribution in [0.15, 0.2) is 12.3 Å². The van der Waals surface area contributed by atoms with Crippen molar-refractivity contribution in [2.24, 2.45) is 5.92 Å². The summed E-state index contributed by atoms with van der Waals surface area (Å²) in [6.45, 7) is 5.71. The number of aliphatic hydroxyl groups excluding tert-OH is 1. The highest BCUT2D eigenvalue weighted by Crippen LogP contribution is 2.23. The van der Waals surface area contributed by atoms with Gasteiger partial charge in [0.05, 0.1) is 5.02 Å². The molecule has 1 N–H and O–H groups in total. The number of carbonyl (C=O) groups excluding carboxylic acids is 1. The molecule has 0 radical (unpaired) electrons. The molecule has 5 heteroatoms. The predicted octanol–water partition coefficient (Wildman–Crippen LogP) is 2.57. The molecule has 0 bridgehead atoms. The van der Waals surface area contributed by atoms with Crippen LogP contribution in [0.2, 0.25) is 5.02 Å². The normalized spacial score (nSPS) is 17.2. The van der Waals surface area contributed by atoms with E-state index in [4.69, 9.17) is 16.7 Å². The maximum Gasteiger partial charge on any atom is 0.270 e. The van der Waals surface area contributed by atoms with Crippen molar-refractivity contribution in [2.45, 2.75) is 32.7 Å². The number of nitrogens with zero attached hydrogens (tertiary/aromatic N) is 2. The lowest BCUT2D eigenvalue weighted by Gasteiger charge is -2.31. The van der Waals surface area contributed by atoms with Crippen molar-refractivity contribution >= 4 is 17.5 Å². The molecule has 1 fully saturated rings. The minimum atomic E-state index is 0.0389. The minimum Gasteiger partial charge on any atom is -0.396 e. The average Bonchev–Trinajstić information content (AvgIpc) is 2.80. The number of piperidine rings is 1. The van der Waals surface area contributed by atoms with Crippen molar-refractivity contribution in [3.63, 3.8) is 0 Å². The number of hydrogen-bond acceptors (Lipinski definition) is 2. The van der Waals surface area contributed by atoms with Gasteiger partial charge in [0.1, 0.15) is 5.69 Å². The Balaban J connectivity index is 2.12. The van der Waals surface area contributed by atoms with Crippen molar-refractivity contribution in [3.8, 4) is 0 Å². The highest BCUT2D eigenvalue weighted by molar-refractivity contribution is 6.31. The SMILES string of the molecule is CC(C)n1cc(Cl)cc1C(=O)N1CCC(CO)CC1. The highest BCUT2D eigenvalue weighted by Gasteiger charge is 2.25. The molecule has 1 amide bonds. The summed E-state index contributed by atoms with van der Waals surface area (Å²) in [6, 6.07) is 1.95. The number of hydrogen-bond donors (Lipinski definition) is 1. The average molecular weight is 285 g/mol. The molecular weight excluding hydrogens is 264 g/mol. The van der Waals surface area contributed by atoms with Gasteiger partial charge in [-0.1, -0.05) is 11.6 Å². The zero-order valence-electron chi connectivity index (χ0n) is 11.5. The van der Waals surface area contributed by atoms with Crippen molar-refractivity contribution in [2.75, 3.05) is 19.7 Å². The second kappa shape index (κ2) is 5.97. The first kappa shape index (κ1) is 14.4. The molecule has 1 aromatic rings. The van der Waals surface area contributed by atoms with E-state index in [1.807, 2.05) is 23.3 Å². The molecule has 0 spiro atoms. The summed E-state index contributed by atoms with van der Waals surface area (Å²) in [5.41, 5.74) is 0.655. The van der Waals surface area contributed by atoms with E-state index in [1.165, 1.54) is 0 Å². The molecule has 1 saturated heterocycles. The van der Waals surface area contributed by atoms with Gasteiger partial charge in [-0.3, -0.25) is 4.79 Å². The zero-order valence-corrected chi connectivity index (χ0v) is 12.2. The maximum absolute atomic E-state index is 12.5. The van der Waals surface area contributed by atoms with Gasteiger partial charge < -0.3 is 14.6 Å². The van der Waals surface area contributed by atoms with Gasteiger partial charge in [0.2, 0.25) is 0 Å². The third-order valence-corrected chi connectivity index (χ3v) is 3.96. The fourth-order valence-corrected chi connectivity index (χ4v) is 2.73. The molecular formula is C14H21ClN2O2. The second-order valence-corrected chi connectivity index (χ2v) is 5.90. The fourth-order valence-electron chi connectivity index (χ4n) is 2.52. The number of aliphatic hydroxyl groups is 1. The van der Waals surface area contributed by atoms with Crippen LogP contribution in [0.25, 0.3) is 0 Å². The van der Waals surface area contributed by atoms with Crippen molar-refractivity contribution < 1.29 is 9.90 Å². The lowest BCUT2D eigenvalue weighted by atomic mass is 9.98. The Kier molecular flexibility index (Phi) is 4.53. The lowest BCUT2D eigenvalue weighted by Crippen LogP contribution is -2.40. The largest absolute Gasteiger partial charge is 0.396 e. The number of amides is 1. The smallest absolute Gasteiger partial charge is 0.270 e. The van der Waals surface area contributed by atoms with E-state index >= 15 is 0 Å². The van der Waals surface area contributed by atoms with E-state index in [0.717, 1.165) is 12.8 Å². The Hall–Kier alpha value is -1.00.